The molecule has 0 radical (unpaired) electrons. The number of aliphatic hydroxyl groups excluding tert-OH is 1. The molecule has 0 aliphatic heterocycles. The lowest BCUT2D eigenvalue weighted by atomic mass is 10.2. The Hall–Kier alpha value is -1.70. The summed E-state index contributed by atoms with van der Waals surface area (Å²) >= 11 is 0. The molecule has 1 atom stereocenters. The van der Waals surface area contributed by atoms with Crippen LogP contribution in [0.25, 0.3) is 0 Å². The maximum Gasteiger partial charge on any atom is 0.243 e. The zero-order chi connectivity index (χ0) is 14.8. The first-order valence-corrected chi connectivity index (χ1v) is 7.43. The summed E-state index contributed by atoms with van der Waals surface area (Å²) in [5.41, 5.74) is 0.571. The van der Waals surface area contributed by atoms with E-state index in [1.165, 1.54) is 18.2 Å². The summed E-state index contributed by atoms with van der Waals surface area (Å²) in [4.78, 5) is -0.431. The van der Waals surface area contributed by atoms with E-state index in [-0.39, 0.29) is 6.54 Å². The molecule has 5 nitrogen and oxygen atoms in total. The van der Waals surface area contributed by atoms with Gasteiger partial charge in [0.1, 0.15) is 16.8 Å². The smallest absolute Gasteiger partial charge is 0.243 e. The van der Waals surface area contributed by atoms with Gasteiger partial charge in [0.15, 0.2) is 0 Å². The molecule has 1 heterocycles. The second-order valence-electron chi connectivity index (χ2n) is 4.34. The second kappa shape index (κ2) is 5.74. The number of aliphatic hydroxyl groups is 1. The van der Waals surface area contributed by atoms with Crippen LogP contribution in [0.3, 0.4) is 0 Å². The van der Waals surface area contributed by atoms with Crippen molar-refractivity contribution in [2.75, 3.05) is 6.54 Å². The lowest BCUT2D eigenvalue weighted by molar-refractivity contribution is 0.173. The lowest BCUT2D eigenvalue weighted by Crippen LogP contribution is -2.29. The predicted molar refractivity (Wildman–Crippen MR) is 72.0 cm³/mol. The number of aryl methyl sites for hydroxylation is 1. The highest BCUT2D eigenvalue weighted by atomic mass is 32.2. The minimum atomic E-state index is -3.98. The summed E-state index contributed by atoms with van der Waals surface area (Å²) in [6, 6.07) is 8.51. The molecule has 0 amide bonds. The number of halogens is 1. The highest BCUT2D eigenvalue weighted by Crippen LogP contribution is 2.15. The molecule has 0 saturated heterocycles. The van der Waals surface area contributed by atoms with E-state index in [0.717, 1.165) is 6.07 Å². The van der Waals surface area contributed by atoms with E-state index in [1.54, 1.807) is 29.9 Å². The molecule has 1 aromatic heterocycles. The highest BCUT2D eigenvalue weighted by Gasteiger charge is 2.20. The molecular formula is C13H15FN2O3S. The Kier molecular flexibility index (Phi) is 4.22. The topological polar surface area (TPSA) is 71.3 Å². The summed E-state index contributed by atoms with van der Waals surface area (Å²) in [6.45, 7) is -0.228. The first-order valence-electron chi connectivity index (χ1n) is 5.95. The second-order valence-corrected chi connectivity index (χ2v) is 6.08. The van der Waals surface area contributed by atoms with E-state index >= 15 is 0 Å². The van der Waals surface area contributed by atoms with Gasteiger partial charge in [-0.05, 0) is 24.3 Å². The minimum Gasteiger partial charge on any atom is -0.386 e. The van der Waals surface area contributed by atoms with Crippen LogP contribution >= 0.6 is 0 Å². The van der Waals surface area contributed by atoms with Gasteiger partial charge in [-0.1, -0.05) is 12.1 Å². The maximum absolute atomic E-state index is 13.5. The SMILES string of the molecule is Cn1cccc1C(O)CNS(=O)(=O)c1ccccc1F. The highest BCUT2D eigenvalue weighted by molar-refractivity contribution is 7.89. The third kappa shape index (κ3) is 3.06. The van der Waals surface area contributed by atoms with Crippen molar-refractivity contribution < 1.29 is 17.9 Å². The van der Waals surface area contributed by atoms with E-state index in [2.05, 4.69) is 4.72 Å². The van der Waals surface area contributed by atoms with Crippen molar-refractivity contribution in [2.45, 2.75) is 11.0 Å². The van der Waals surface area contributed by atoms with Crippen LogP contribution in [0.5, 0.6) is 0 Å². The van der Waals surface area contributed by atoms with Gasteiger partial charge in [-0.25, -0.2) is 17.5 Å². The molecule has 0 fully saturated rings. The number of hydrogen-bond acceptors (Lipinski definition) is 3. The molecule has 1 aromatic carbocycles. The summed E-state index contributed by atoms with van der Waals surface area (Å²) in [5, 5.41) is 9.93. The zero-order valence-corrected chi connectivity index (χ0v) is 11.6. The molecule has 2 N–H and O–H groups in total. The molecule has 2 rings (SSSR count). The first-order chi connectivity index (χ1) is 9.42. The molecule has 0 bridgehead atoms. The van der Waals surface area contributed by atoms with Gasteiger partial charge in [-0.15, -0.1) is 0 Å². The van der Waals surface area contributed by atoms with Crippen LogP contribution in [0, 0.1) is 5.82 Å². The Labute approximate surface area is 116 Å². The number of benzene rings is 1. The van der Waals surface area contributed by atoms with Crippen LogP contribution in [0.1, 0.15) is 11.8 Å². The van der Waals surface area contributed by atoms with E-state index in [4.69, 9.17) is 0 Å². The molecule has 0 aliphatic carbocycles. The third-order valence-corrected chi connectivity index (χ3v) is 4.38. The zero-order valence-electron chi connectivity index (χ0n) is 10.8. The monoisotopic (exact) mass is 298 g/mol. The Morgan fingerprint density at radius 2 is 2.00 bits per heavy atom. The molecule has 20 heavy (non-hydrogen) atoms. The van der Waals surface area contributed by atoms with E-state index in [9.17, 15) is 17.9 Å². The normalized spacial score (nSPS) is 13.3. The molecule has 7 heteroatoms. The molecule has 0 aliphatic rings. The van der Waals surface area contributed by atoms with Gasteiger partial charge in [0.25, 0.3) is 0 Å². The van der Waals surface area contributed by atoms with Gasteiger partial charge in [-0.3, -0.25) is 0 Å². The van der Waals surface area contributed by atoms with Gasteiger partial charge >= 0.3 is 0 Å². The standard InChI is InChI=1S/C13H15FN2O3S/c1-16-8-4-6-11(16)12(17)9-15-20(18,19)13-7-3-2-5-10(13)14/h2-8,12,15,17H,9H2,1H3. The van der Waals surface area contributed by atoms with Gasteiger partial charge in [0, 0.05) is 25.5 Å². The van der Waals surface area contributed by atoms with Crippen LogP contribution in [0.2, 0.25) is 0 Å². The van der Waals surface area contributed by atoms with Crippen LogP contribution < -0.4 is 4.72 Å². The van der Waals surface area contributed by atoms with Crippen molar-refractivity contribution in [1.29, 1.82) is 0 Å². The molecule has 108 valence electrons. The molecule has 1 unspecified atom stereocenters. The van der Waals surface area contributed by atoms with Gasteiger partial charge in [-0.2, -0.15) is 0 Å². The van der Waals surface area contributed by atoms with Crippen molar-refractivity contribution in [3.63, 3.8) is 0 Å². The van der Waals surface area contributed by atoms with Gasteiger partial charge in [0.2, 0.25) is 10.0 Å². The largest absolute Gasteiger partial charge is 0.386 e. The Bertz CT molecular complexity index is 697. The quantitative estimate of drug-likeness (QED) is 0.870. The number of sulfonamides is 1. The van der Waals surface area contributed by atoms with Crippen molar-refractivity contribution in [2.24, 2.45) is 7.05 Å². The van der Waals surface area contributed by atoms with Crippen molar-refractivity contribution in [1.82, 2.24) is 9.29 Å². The van der Waals surface area contributed by atoms with Crippen molar-refractivity contribution >= 4 is 10.0 Å². The van der Waals surface area contributed by atoms with Gasteiger partial charge in [0.05, 0.1) is 0 Å². The van der Waals surface area contributed by atoms with E-state index in [1.807, 2.05) is 0 Å². The molecule has 0 saturated carbocycles. The summed E-state index contributed by atoms with van der Waals surface area (Å²) in [5.74, 6) is -0.826. The summed E-state index contributed by atoms with van der Waals surface area (Å²) in [7, 11) is -2.24. The number of aromatic nitrogens is 1. The Balaban J connectivity index is 2.11. The van der Waals surface area contributed by atoms with E-state index in [0.29, 0.717) is 5.69 Å². The fraction of sp³-hybridized carbons (Fsp3) is 0.231. The maximum atomic E-state index is 13.5. The third-order valence-electron chi connectivity index (χ3n) is 2.92. The summed E-state index contributed by atoms with van der Waals surface area (Å²) < 4.78 is 41.2. The Morgan fingerprint density at radius 3 is 2.60 bits per heavy atom. The number of nitrogens with one attached hydrogen (secondary N) is 1. The molecule has 0 spiro atoms. The van der Waals surface area contributed by atoms with Crippen LogP contribution in [0.4, 0.5) is 4.39 Å². The number of hydrogen-bond donors (Lipinski definition) is 2. The minimum absolute atomic E-state index is 0.228. The average Bonchev–Trinajstić information content (AvgIpc) is 2.83. The van der Waals surface area contributed by atoms with Crippen molar-refractivity contribution in [3.05, 3.63) is 54.1 Å². The fourth-order valence-electron chi connectivity index (χ4n) is 1.85. The first kappa shape index (κ1) is 14.7. The fourth-order valence-corrected chi connectivity index (χ4v) is 2.97. The number of rotatable bonds is 5. The van der Waals surface area contributed by atoms with Crippen LogP contribution in [0.15, 0.2) is 47.5 Å². The van der Waals surface area contributed by atoms with Gasteiger partial charge < -0.3 is 9.67 Å². The van der Waals surface area contributed by atoms with Crippen LogP contribution in [-0.2, 0) is 17.1 Å². The average molecular weight is 298 g/mol. The molecular weight excluding hydrogens is 283 g/mol. The summed E-state index contributed by atoms with van der Waals surface area (Å²) in [6.07, 6.45) is 0.737. The Morgan fingerprint density at radius 1 is 1.30 bits per heavy atom. The van der Waals surface area contributed by atoms with Crippen LogP contribution in [-0.4, -0.2) is 24.6 Å². The lowest BCUT2D eigenvalue weighted by Gasteiger charge is -2.13. The van der Waals surface area contributed by atoms with Crippen molar-refractivity contribution in [3.8, 4) is 0 Å². The predicted octanol–water partition coefficient (Wildman–Crippen LogP) is 1.18. The van der Waals surface area contributed by atoms with E-state index < -0.39 is 26.8 Å². The number of nitrogens with zero attached hydrogens (tertiary/aromatic N) is 1. The molecule has 2 aromatic rings.